The van der Waals surface area contributed by atoms with Crippen LogP contribution in [0.2, 0.25) is 0 Å². The van der Waals surface area contributed by atoms with E-state index in [1.807, 2.05) is 18.2 Å². The zero-order valence-electron chi connectivity index (χ0n) is 15.9. The zero-order chi connectivity index (χ0) is 18.1. The predicted molar refractivity (Wildman–Crippen MR) is 103 cm³/mol. The van der Waals surface area contributed by atoms with Gasteiger partial charge in [0.25, 0.3) is 0 Å². The third-order valence-electron chi connectivity index (χ3n) is 5.21. The molecule has 1 aliphatic rings. The highest BCUT2D eigenvalue weighted by Gasteiger charge is 2.39. The average molecular weight is 344 g/mol. The molecule has 1 aliphatic heterocycles. The van der Waals surface area contributed by atoms with Crippen molar-refractivity contribution in [2.45, 2.75) is 65.1 Å². The fourth-order valence-electron chi connectivity index (χ4n) is 3.88. The quantitative estimate of drug-likeness (QED) is 0.529. The third-order valence-corrected chi connectivity index (χ3v) is 5.21. The zero-order valence-corrected chi connectivity index (χ0v) is 15.9. The lowest BCUT2D eigenvalue weighted by Gasteiger charge is -2.40. The third kappa shape index (κ3) is 5.52. The van der Waals surface area contributed by atoms with Gasteiger partial charge < -0.3 is 10.1 Å². The molecule has 1 saturated heterocycles. The molecular weight excluding hydrogens is 310 g/mol. The lowest BCUT2D eigenvalue weighted by molar-refractivity contribution is -0.131. The van der Waals surface area contributed by atoms with Gasteiger partial charge in [-0.05, 0) is 24.8 Å². The van der Waals surface area contributed by atoms with E-state index in [0.29, 0.717) is 25.0 Å². The Morgan fingerprint density at radius 2 is 1.80 bits per heavy atom. The Bertz CT molecular complexity index is 540. The number of rotatable bonds is 9. The summed E-state index contributed by atoms with van der Waals surface area (Å²) in [5.74, 6) is 0.703. The van der Waals surface area contributed by atoms with E-state index in [1.165, 1.54) is 5.56 Å². The fourth-order valence-corrected chi connectivity index (χ4v) is 3.88. The number of hydrogen-bond acceptors (Lipinski definition) is 3. The molecule has 3 heteroatoms. The van der Waals surface area contributed by atoms with Gasteiger partial charge in [-0.3, -0.25) is 4.79 Å². The number of piperidine rings is 1. The second kappa shape index (κ2) is 10.5. The Morgan fingerprint density at radius 1 is 1.08 bits per heavy atom. The van der Waals surface area contributed by atoms with E-state index >= 15 is 0 Å². The predicted octanol–water partition coefficient (Wildman–Crippen LogP) is 4.52. The number of ketones is 1. The van der Waals surface area contributed by atoms with Crippen molar-refractivity contribution in [3.8, 4) is 0 Å². The van der Waals surface area contributed by atoms with Crippen LogP contribution < -0.4 is 5.32 Å². The van der Waals surface area contributed by atoms with Crippen LogP contribution in [0.4, 0.5) is 0 Å². The maximum atomic E-state index is 12.9. The minimum absolute atomic E-state index is 0.0865. The van der Waals surface area contributed by atoms with Crippen molar-refractivity contribution < 1.29 is 9.53 Å². The lowest BCUT2D eigenvalue weighted by Crippen LogP contribution is -2.56. The number of hydrogen-bond donors (Lipinski definition) is 1. The molecule has 2 rings (SSSR count). The van der Waals surface area contributed by atoms with Crippen LogP contribution in [0.5, 0.6) is 0 Å². The molecule has 0 spiro atoms. The lowest BCUT2D eigenvalue weighted by atomic mass is 9.75. The van der Waals surface area contributed by atoms with Crippen LogP contribution in [0.1, 0.15) is 52.0 Å². The number of carbonyl (C=O) groups excluding carboxylic acids is 1. The van der Waals surface area contributed by atoms with Gasteiger partial charge in [0, 0.05) is 23.9 Å². The summed E-state index contributed by atoms with van der Waals surface area (Å²) in [6.07, 6.45) is 8.20. The molecule has 1 aromatic rings. The van der Waals surface area contributed by atoms with Crippen LogP contribution in [0.3, 0.4) is 0 Å². The first-order chi connectivity index (χ1) is 12.2. The highest BCUT2D eigenvalue weighted by atomic mass is 16.5. The van der Waals surface area contributed by atoms with E-state index < -0.39 is 0 Å². The van der Waals surface area contributed by atoms with Gasteiger partial charge in [0.2, 0.25) is 0 Å². The van der Waals surface area contributed by atoms with Gasteiger partial charge in [-0.15, -0.1) is 0 Å². The maximum absolute atomic E-state index is 12.9. The molecule has 1 N–H and O–H groups in total. The summed E-state index contributed by atoms with van der Waals surface area (Å²) in [5.41, 5.74) is 1.18. The van der Waals surface area contributed by atoms with Gasteiger partial charge in [0.1, 0.15) is 5.78 Å². The Morgan fingerprint density at radius 3 is 2.44 bits per heavy atom. The van der Waals surface area contributed by atoms with Crippen molar-refractivity contribution in [1.29, 1.82) is 0 Å². The fraction of sp³-hybridized carbons (Fsp3) is 0.591. The summed E-state index contributed by atoms with van der Waals surface area (Å²) < 4.78 is 5.72. The van der Waals surface area contributed by atoms with Crippen LogP contribution >= 0.6 is 0 Å². The van der Waals surface area contributed by atoms with Crippen LogP contribution in [0.15, 0.2) is 42.5 Å². The summed E-state index contributed by atoms with van der Waals surface area (Å²) in [6.45, 7) is 7.63. The van der Waals surface area contributed by atoms with Gasteiger partial charge in [-0.2, -0.15) is 0 Å². The first-order valence-electron chi connectivity index (χ1n) is 9.79. The van der Waals surface area contributed by atoms with Crippen LogP contribution in [0, 0.1) is 11.8 Å². The van der Waals surface area contributed by atoms with Crippen LogP contribution in [-0.2, 0) is 16.1 Å². The Labute approximate surface area is 152 Å². The highest BCUT2D eigenvalue weighted by molar-refractivity contribution is 5.86. The minimum atomic E-state index is 0.0865. The van der Waals surface area contributed by atoms with Crippen molar-refractivity contribution in [3.05, 3.63) is 48.0 Å². The molecule has 25 heavy (non-hydrogen) atoms. The SMILES string of the molecule is CCC[C@H]1N[C@@H](/C=C/COCc2ccccc2)[C@H](CC)C(=O)[C@H]1CC. The Kier molecular flexibility index (Phi) is 8.36. The van der Waals surface area contributed by atoms with Crippen molar-refractivity contribution in [3.63, 3.8) is 0 Å². The molecule has 0 saturated carbocycles. The molecule has 1 fully saturated rings. The van der Waals surface area contributed by atoms with E-state index in [2.05, 4.69) is 50.4 Å². The van der Waals surface area contributed by atoms with Gasteiger partial charge in [0.05, 0.1) is 13.2 Å². The molecular formula is C22H33NO2. The first-order valence-corrected chi connectivity index (χ1v) is 9.79. The Hall–Kier alpha value is -1.45. The number of ether oxygens (including phenoxy) is 1. The van der Waals surface area contributed by atoms with E-state index in [4.69, 9.17) is 4.74 Å². The van der Waals surface area contributed by atoms with Crippen molar-refractivity contribution in [1.82, 2.24) is 5.32 Å². The second-order valence-electron chi connectivity index (χ2n) is 6.95. The summed E-state index contributed by atoms with van der Waals surface area (Å²) in [4.78, 5) is 12.9. The van der Waals surface area contributed by atoms with E-state index in [-0.39, 0.29) is 17.9 Å². The van der Waals surface area contributed by atoms with E-state index in [1.54, 1.807) is 0 Å². The van der Waals surface area contributed by atoms with Crippen LogP contribution in [0.25, 0.3) is 0 Å². The van der Waals surface area contributed by atoms with Gasteiger partial charge in [0.15, 0.2) is 0 Å². The monoisotopic (exact) mass is 343 g/mol. The molecule has 1 heterocycles. The van der Waals surface area contributed by atoms with Crippen molar-refractivity contribution in [2.24, 2.45) is 11.8 Å². The first kappa shape index (κ1) is 19.9. The summed E-state index contributed by atoms with van der Waals surface area (Å²) in [5, 5.41) is 3.73. The molecule has 0 bridgehead atoms. The molecule has 0 aromatic heterocycles. The number of benzene rings is 1. The highest BCUT2D eigenvalue weighted by Crippen LogP contribution is 2.29. The molecule has 138 valence electrons. The number of Topliss-reactive ketones (excluding diaryl/α,β-unsaturated/α-hetero) is 1. The molecule has 0 aliphatic carbocycles. The molecule has 0 amide bonds. The summed E-state index contributed by atoms with van der Waals surface area (Å²) in [7, 11) is 0. The van der Waals surface area contributed by atoms with Crippen molar-refractivity contribution in [2.75, 3.05) is 6.61 Å². The number of carbonyl (C=O) groups is 1. The summed E-state index contributed by atoms with van der Waals surface area (Å²) in [6, 6.07) is 10.6. The second-order valence-corrected chi connectivity index (χ2v) is 6.95. The molecule has 0 unspecified atom stereocenters. The van der Waals surface area contributed by atoms with E-state index in [9.17, 15) is 4.79 Å². The van der Waals surface area contributed by atoms with Crippen LogP contribution in [-0.4, -0.2) is 24.5 Å². The smallest absolute Gasteiger partial charge is 0.142 e. The molecule has 1 aromatic carbocycles. The van der Waals surface area contributed by atoms with Gasteiger partial charge in [-0.1, -0.05) is 69.7 Å². The molecule has 4 atom stereocenters. The summed E-state index contributed by atoms with van der Waals surface area (Å²) >= 11 is 0. The molecule has 0 radical (unpaired) electrons. The van der Waals surface area contributed by atoms with Crippen molar-refractivity contribution >= 4 is 5.78 Å². The molecule has 3 nitrogen and oxygen atoms in total. The average Bonchev–Trinajstić information content (AvgIpc) is 2.63. The van der Waals surface area contributed by atoms with Gasteiger partial charge >= 0.3 is 0 Å². The number of nitrogens with one attached hydrogen (secondary N) is 1. The normalized spacial score (nSPS) is 27.1. The van der Waals surface area contributed by atoms with Gasteiger partial charge in [-0.25, -0.2) is 0 Å². The largest absolute Gasteiger partial charge is 0.373 e. The minimum Gasteiger partial charge on any atom is -0.373 e. The topological polar surface area (TPSA) is 38.3 Å². The van der Waals surface area contributed by atoms with E-state index in [0.717, 1.165) is 25.7 Å². The Balaban J connectivity index is 1.90. The maximum Gasteiger partial charge on any atom is 0.142 e. The standard InChI is InChI=1S/C22H33NO2/c1-4-11-20-18(5-2)22(24)19(6-3)21(23-20)14-10-15-25-16-17-12-8-7-9-13-17/h7-10,12-14,18-21,23H,4-6,11,15-16H2,1-3H3/b14-10+/t18-,19-,20+,21-/m0/s1.